The number of fused-ring (bicyclic) bond motifs is 5. The molecule has 0 aromatic carbocycles. The Bertz CT molecular complexity index is 263. The first-order valence-electron chi connectivity index (χ1n) is 5.09. The summed E-state index contributed by atoms with van der Waals surface area (Å²) in [6.45, 7) is 0. The summed E-state index contributed by atoms with van der Waals surface area (Å²) >= 11 is 0. The van der Waals surface area contributed by atoms with E-state index in [0.717, 1.165) is 12.8 Å². The molecule has 72 valence electrons. The van der Waals surface area contributed by atoms with Gasteiger partial charge < -0.3 is 10.2 Å². The first-order valence-corrected chi connectivity index (χ1v) is 5.09. The molecule has 0 aromatic heterocycles. The van der Waals surface area contributed by atoms with Gasteiger partial charge in [-0.3, -0.25) is 4.79 Å². The predicted molar refractivity (Wildman–Crippen MR) is 44.8 cm³/mol. The van der Waals surface area contributed by atoms with Crippen LogP contribution in [0, 0.1) is 23.7 Å². The molecule has 3 heteroatoms. The standard InChI is InChI=1S/C10H14O3/c11-7-2-1-4-5-3-6(8(4)7)10(13)9(5)12/h4-6,8-10,12-13H,1-3H2/t4?,5?,6?,8?,9-,10+/m0/s1. The number of aliphatic hydroxyl groups is 2. The molecular formula is C10H14O3. The van der Waals surface area contributed by atoms with Crippen LogP contribution in [0.1, 0.15) is 19.3 Å². The molecule has 2 bridgehead atoms. The average Bonchev–Trinajstić information content (AvgIpc) is 2.70. The van der Waals surface area contributed by atoms with Gasteiger partial charge in [-0.05, 0) is 30.6 Å². The Kier molecular flexibility index (Phi) is 1.43. The highest BCUT2D eigenvalue weighted by molar-refractivity contribution is 5.84. The molecule has 3 nitrogen and oxygen atoms in total. The van der Waals surface area contributed by atoms with Gasteiger partial charge in [-0.2, -0.15) is 0 Å². The number of carbonyl (C=O) groups excluding carboxylic acids is 1. The van der Waals surface area contributed by atoms with E-state index in [0.29, 0.717) is 18.1 Å². The first-order chi connectivity index (χ1) is 6.20. The van der Waals surface area contributed by atoms with Gasteiger partial charge in [0, 0.05) is 12.3 Å². The van der Waals surface area contributed by atoms with Crippen LogP contribution in [0.2, 0.25) is 0 Å². The van der Waals surface area contributed by atoms with Gasteiger partial charge in [-0.15, -0.1) is 0 Å². The fourth-order valence-corrected chi connectivity index (χ4v) is 3.82. The molecule has 0 amide bonds. The van der Waals surface area contributed by atoms with Gasteiger partial charge in [-0.25, -0.2) is 0 Å². The van der Waals surface area contributed by atoms with Gasteiger partial charge in [0.25, 0.3) is 0 Å². The van der Waals surface area contributed by atoms with E-state index < -0.39 is 12.2 Å². The number of Topliss-reactive ketones (excluding diaryl/α,β-unsaturated/α-hetero) is 1. The zero-order valence-electron chi connectivity index (χ0n) is 7.39. The van der Waals surface area contributed by atoms with E-state index in [-0.39, 0.29) is 17.8 Å². The Morgan fingerprint density at radius 2 is 1.77 bits per heavy atom. The van der Waals surface area contributed by atoms with E-state index in [9.17, 15) is 15.0 Å². The molecule has 3 rings (SSSR count). The maximum atomic E-state index is 11.5. The Morgan fingerprint density at radius 1 is 1.08 bits per heavy atom. The molecule has 4 unspecified atom stereocenters. The lowest BCUT2D eigenvalue weighted by Gasteiger charge is -2.31. The van der Waals surface area contributed by atoms with E-state index in [2.05, 4.69) is 0 Å². The van der Waals surface area contributed by atoms with Crippen LogP contribution in [-0.4, -0.2) is 28.2 Å². The summed E-state index contributed by atoms with van der Waals surface area (Å²) < 4.78 is 0. The van der Waals surface area contributed by atoms with Gasteiger partial charge >= 0.3 is 0 Å². The summed E-state index contributed by atoms with van der Waals surface area (Å²) in [6.07, 6.45) is 1.28. The highest BCUT2D eigenvalue weighted by Gasteiger charge is 2.61. The minimum Gasteiger partial charge on any atom is -0.390 e. The Morgan fingerprint density at radius 3 is 2.54 bits per heavy atom. The van der Waals surface area contributed by atoms with Crippen molar-refractivity contribution in [1.29, 1.82) is 0 Å². The van der Waals surface area contributed by atoms with Gasteiger partial charge in [0.05, 0.1) is 12.2 Å². The molecule has 0 heterocycles. The summed E-state index contributed by atoms with van der Waals surface area (Å²) in [6, 6.07) is 0. The Hall–Kier alpha value is -0.410. The third kappa shape index (κ3) is 0.796. The third-order valence-electron chi connectivity index (χ3n) is 4.34. The lowest BCUT2D eigenvalue weighted by molar-refractivity contribution is -0.126. The Balaban J connectivity index is 1.96. The van der Waals surface area contributed by atoms with Crippen molar-refractivity contribution in [1.82, 2.24) is 0 Å². The highest BCUT2D eigenvalue weighted by atomic mass is 16.3. The largest absolute Gasteiger partial charge is 0.390 e. The second-order valence-corrected chi connectivity index (χ2v) is 4.74. The van der Waals surface area contributed by atoms with Crippen LogP contribution >= 0.6 is 0 Å². The maximum absolute atomic E-state index is 11.5. The van der Waals surface area contributed by atoms with E-state index >= 15 is 0 Å². The quantitative estimate of drug-likeness (QED) is 0.552. The van der Waals surface area contributed by atoms with Gasteiger partial charge in [-0.1, -0.05) is 0 Å². The minimum absolute atomic E-state index is 0.0694. The number of hydrogen-bond donors (Lipinski definition) is 2. The molecular weight excluding hydrogens is 168 g/mol. The number of aliphatic hydroxyl groups excluding tert-OH is 2. The van der Waals surface area contributed by atoms with Crippen molar-refractivity contribution in [3.05, 3.63) is 0 Å². The van der Waals surface area contributed by atoms with Crippen molar-refractivity contribution in [2.75, 3.05) is 0 Å². The SMILES string of the molecule is O=C1CCC2C1C1CC2[C@H](O)[C@@H]1O. The fourth-order valence-electron chi connectivity index (χ4n) is 3.82. The molecule has 0 spiro atoms. The number of rotatable bonds is 0. The van der Waals surface area contributed by atoms with Gasteiger partial charge in [0.2, 0.25) is 0 Å². The van der Waals surface area contributed by atoms with Crippen LogP contribution in [0.4, 0.5) is 0 Å². The van der Waals surface area contributed by atoms with Crippen molar-refractivity contribution >= 4 is 5.78 Å². The predicted octanol–water partition coefficient (Wildman–Crippen LogP) is -0.0468. The number of hydrogen-bond acceptors (Lipinski definition) is 3. The van der Waals surface area contributed by atoms with Crippen molar-refractivity contribution < 1.29 is 15.0 Å². The normalized spacial score (nSPS) is 58.8. The molecule has 0 aliphatic heterocycles. The van der Waals surface area contributed by atoms with Crippen LogP contribution in [-0.2, 0) is 4.79 Å². The molecule has 3 fully saturated rings. The van der Waals surface area contributed by atoms with E-state index in [1.165, 1.54) is 0 Å². The molecule has 3 saturated carbocycles. The molecule has 3 aliphatic rings. The minimum atomic E-state index is -0.631. The molecule has 0 radical (unpaired) electrons. The summed E-state index contributed by atoms with van der Waals surface area (Å²) in [5.41, 5.74) is 0. The van der Waals surface area contributed by atoms with Crippen molar-refractivity contribution in [3.63, 3.8) is 0 Å². The summed E-state index contributed by atoms with van der Waals surface area (Å²) in [7, 11) is 0. The molecule has 0 aromatic rings. The van der Waals surface area contributed by atoms with Crippen LogP contribution in [0.3, 0.4) is 0 Å². The topological polar surface area (TPSA) is 57.5 Å². The lowest BCUT2D eigenvalue weighted by atomic mass is 9.78. The van der Waals surface area contributed by atoms with E-state index in [1.54, 1.807) is 0 Å². The molecule has 3 aliphatic carbocycles. The zero-order valence-corrected chi connectivity index (χ0v) is 7.39. The second kappa shape index (κ2) is 2.34. The third-order valence-corrected chi connectivity index (χ3v) is 4.34. The Labute approximate surface area is 76.8 Å². The van der Waals surface area contributed by atoms with Gasteiger partial charge in [0.15, 0.2) is 0 Å². The highest BCUT2D eigenvalue weighted by Crippen LogP contribution is 2.57. The first kappa shape index (κ1) is 7.94. The van der Waals surface area contributed by atoms with Crippen molar-refractivity contribution in [2.45, 2.75) is 31.5 Å². The van der Waals surface area contributed by atoms with Crippen LogP contribution in [0.5, 0.6) is 0 Å². The summed E-state index contributed by atoms with van der Waals surface area (Å²) in [4.78, 5) is 11.5. The summed E-state index contributed by atoms with van der Waals surface area (Å²) in [5.74, 6) is 1.07. The lowest BCUT2D eigenvalue weighted by Crippen LogP contribution is -2.41. The number of carbonyl (C=O) groups is 1. The summed E-state index contributed by atoms with van der Waals surface area (Å²) in [5, 5.41) is 19.3. The molecule has 2 N–H and O–H groups in total. The van der Waals surface area contributed by atoms with Crippen LogP contribution in [0.25, 0.3) is 0 Å². The second-order valence-electron chi connectivity index (χ2n) is 4.74. The average molecular weight is 182 g/mol. The smallest absolute Gasteiger partial charge is 0.136 e. The molecule has 6 atom stereocenters. The molecule has 13 heavy (non-hydrogen) atoms. The van der Waals surface area contributed by atoms with Crippen LogP contribution in [0.15, 0.2) is 0 Å². The molecule has 0 saturated heterocycles. The monoisotopic (exact) mass is 182 g/mol. The van der Waals surface area contributed by atoms with E-state index in [4.69, 9.17) is 0 Å². The van der Waals surface area contributed by atoms with Crippen molar-refractivity contribution in [3.8, 4) is 0 Å². The van der Waals surface area contributed by atoms with Gasteiger partial charge in [0.1, 0.15) is 5.78 Å². The van der Waals surface area contributed by atoms with Crippen LogP contribution < -0.4 is 0 Å². The van der Waals surface area contributed by atoms with Crippen molar-refractivity contribution in [2.24, 2.45) is 23.7 Å². The zero-order chi connectivity index (χ0) is 9.16. The maximum Gasteiger partial charge on any atom is 0.136 e. The fraction of sp³-hybridized carbons (Fsp3) is 0.900. The van der Waals surface area contributed by atoms with E-state index in [1.807, 2.05) is 0 Å². The number of ketones is 1.